The molecule has 2 aromatic heterocycles. The maximum absolute atomic E-state index is 12.1. The summed E-state index contributed by atoms with van der Waals surface area (Å²) >= 11 is 1.34. The highest BCUT2D eigenvalue weighted by Gasteiger charge is 2.28. The normalized spacial score (nSPS) is 15.1. The number of ether oxygens (including phenoxy) is 1. The third-order valence-electron chi connectivity index (χ3n) is 3.26. The van der Waals surface area contributed by atoms with E-state index in [2.05, 4.69) is 14.9 Å². The number of nitrogens with zero attached hydrogens (tertiary/aromatic N) is 3. The van der Waals surface area contributed by atoms with E-state index in [0.29, 0.717) is 41.9 Å². The van der Waals surface area contributed by atoms with Gasteiger partial charge in [0, 0.05) is 19.0 Å². The largest absolute Gasteiger partial charge is 0.376 e. The molecule has 3 heterocycles. The Balaban J connectivity index is 2.11. The van der Waals surface area contributed by atoms with E-state index in [0.717, 1.165) is 14.7 Å². The molecule has 120 valence electrons. The Morgan fingerprint density at radius 2 is 2.14 bits per heavy atom. The smallest absolute Gasteiger partial charge is 0.301 e. The number of nitrogens with one attached hydrogen (secondary N) is 1. The summed E-state index contributed by atoms with van der Waals surface area (Å²) in [7, 11) is -0.676. The predicted octanol–water partition coefficient (Wildman–Crippen LogP) is 1.40. The molecule has 0 aliphatic carbocycles. The fourth-order valence-electron chi connectivity index (χ4n) is 2.14. The topological polar surface area (TPSA) is 97.6 Å². The molecule has 10 heteroatoms. The lowest BCUT2D eigenvalue weighted by Gasteiger charge is -2.13. The van der Waals surface area contributed by atoms with Crippen LogP contribution in [0.4, 0.5) is 5.00 Å². The van der Waals surface area contributed by atoms with Crippen LogP contribution in [-0.2, 0) is 28.0 Å². The maximum Gasteiger partial charge on any atom is 0.301 e. The van der Waals surface area contributed by atoms with Gasteiger partial charge in [-0.2, -0.15) is 17.7 Å². The first kappa shape index (κ1) is 15.4. The minimum atomic E-state index is -3.61. The molecule has 0 saturated carbocycles. The lowest BCUT2D eigenvalue weighted by atomic mass is 10.1. The molecule has 0 bridgehead atoms. The zero-order valence-corrected chi connectivity index (χ0v) is 14.0. The maximum atomic E-state index is 12.1. The van der Waals surface area contributed by atoms with Crippen LogP contribution in [0.25, 0.3) is 11.5 Å². The first-order chi connectivity index (χ1) is 10.4. The van der Waals surface area contributed by atoms with E-state index < -0.39 is 10.2 Å². The second-order valence-corrected chi connectivity index (χ2v) is 8.04. The molecule has 0 unspecified atom stereocenters. The summed E-state index contributed by atoms with van der Waals surface area (Å²) in [4.78, 5) is 5.22. The quantitative estimate of drug-likeness (QED) is 0.900. The van der Waals surface area contributed by atoms with Crippen LogP contribution >= 0.6 is 11.3 Å². The van der Waals surface area contributed by atoms with E-state index in [1.807, 2.05) is 0 Å². The third-order valence-corrected chi connectivity index (χ3v) is 5.94. The van der Waals surface area contributed by atoms with Gasteiger partial charge in [-0.1, -0.05) is 5.16 Å². The van der Waals surface area contributed by atoms with Crippen molar-refractivity contribution in [2.45, 2.75) is 20.0 Å². The van der Waals surface area contributed by atoms with Gasteiger partial charge < -0.3 is 9.26 Å². The van der Waals surface area contributed by atoms with Gasteiger partial charge in [0.25, 0.3) is 5.89 Å². The second kappa shape index (κ2) is 5.61. The van der Waals surface area contributed by atoms with Crippen LogP contribution in [-0.4, -0.2) is 43.6 Å². The van der Waals surface area contributed by atoms with Crippen LogP contribution in [0, 0.1) is 6.92 Å². The van der Waals surface area contributed by atoms with E-state index in [4.69, 9.17) is 9.26 Å². The molecule has 0 saturated heterocycles. The zero-order chi connectivity index (χ0) is 15.9. The van der Waals surface area contributed by atoms with Crippen LogP contribution < -0.4 is 4.72 Å². The van der Waals surface area contributed by atoms with Gasteiger partial charge in [-0.25, -0.2) is 0 Å². The minimum Gasteiger partial charge on any atom is -0.376 e. The molecule has 0 fully saturated rings. The Kier molecular flexibility index (Phi) is 3.93. The van der Waals surface area contributed by atoms with Gasteiger partial charge in [-0.3, -0.25) is 4.72 Å². The lowest BCUT2D eigenvalue weighted by Crippen LogP contribution is -2.28. The van der Waals surface area contributed by atoms with E-state index in [-0.39, 0.29) is 0 Å². The molecule has 22 heavy (non-hydrogen) atoms. The van der Waals surface area contributed by atoms with E-state index in [9.17, 15) is 8.42 Å². The molecule has 0 radical (unpaired) electrons. The van der Waals surface area contributed by atoms with Gasteiger partial charge in [0.05, 0.1) is 18.8 Å². The van der Waals surface area contributed by atoms with Gasteiger partial charge in [-0.15, -0.1) is 11.3 Å². The fourth-order valence-corrected chi connectivity index (χ4v) is 4.17. The molecule has 1 N–H and O–H groups in total. The molecule has 3 rings (SSSR count). The van der Waals surface area contributed by atoms with Crippen molar-refractivity contribution in [3.8, 4) is 11.5 Å². The number of rotatable bonds is 4. The van der Waals surface area contributed by atoms with Gasteiger partial charge in [0.1, 0.15) is 5.00 Å². The van der Waals surface area contributed by atoms with Gasteiger partial charge in [0.2, 0.25) is 0 Å². The molecule has 0 atom stereocenters. The molecule has 0 amide bonds. The average molecular weight is 344 g/mol. The van der Waals surface area contributed by atoms with E-state index >= 15 is 0 Å². The van der Waals surface area contributed by atoms with Crippen molar-refractivity contribution >= 4 is 26.5 Å². The summed E-state index contributed by atoms with van der Waals surface area (Å²) in [5, 5.41) is 4.27. The van der Waals surface area contributed by atoms with Crippen LogP contribution in [0.1, 0.15) is 16.3 Å². The van der Waals surface area contributed by atoms with Crippen molar-refractivity contribution in [1.29, 1.82) is 0 Å². The molecule has 2 aromatic rings. The molecule has 0 spiro atoms. The molecule has 8 nitrogen and oxygen atoms in total. The van der Waals surface area contributed by atoms with Crippen molar-refractivity contribution < 1.29 is 17.7 Å². The number of hydrogen-bond acceptors (Lipinski definition) is 7. The molecule has 0 aromatic carbocycles. The monoisotopic (exact) mass is 344 g/mol. The first-order valence-electron chi connectivity index (χ1n) is 6.61. The molecule has 1 aliphatic heterocycles. The summed E-state index contributed by atoms with van der Waals surface area (Å²) < 4.78 is 38.6. The van der Waals surface area contributed by atoms with E-state index in [1.165, 1.54) is 25.4 Å². The summed E-state index contributed by atoms with van der Waals surface area (Å²) in [6, 6.07) is 0. The molecule has 1 aliphatic rings. The predicted molar refractivity (Wildman–Crippen MR) is 81.9 cm³/mol. The summed E-state index contributed by atoms with van der Waals surface area (Å²) in [5.74, 6) is 0.830. The summed E-state index contributed by atoms with van der Waals surface area (Å²) in [5.41, 5.74) is 1.67. The number of aromatic nitrogens is 2. The van der Waals surface area contributed by atoms with Crippen molar-refractivity contribution in [3.63, 3.8) is 0 Å². The number of fused-ring (bicyclic) bond motifs is 1. The molecular weight excluding hydrogens is 328 g/mol. The van der Waals surface area contributed by atoms with Gasteiger partial charge in [0.15, 0.2) is 5.82 Å². The van der Waals surface area contributed by atoms with E-state index in [1.54, 1.807) is 6.92 Å². The summed E-state index contributed by atoms with van der Waals surface area (Å²) in [6.45, 7) is 2.77. The minimum absolute atomic E-state index is 0.327. The Morgan fingerprint density at radius 3 is 2.77 bits per heavy atom. The van der Waals surface area contributed by atoms with Crippen molar-refractivity contribution in [3.05, 3.63) is 16.3 Å². The van der Waals surface area contributed by atoms with Crippen LogP contribution in [0.5, 0.6) is 0 Å². The first-order valence-corrected chi connectivity index (χ1v) is 8.87. The second-order valence-electron chi connectivity index (χ2n) is 5.05. The number of anilines is 1. The SMILES string of the molecule is Cc1noc(-c2c(NS(=O)(=O)N(C)C)sc3c2CCOC3)n1. The lowest BCUT2D eigenvalue weighted by molar-refractivity contribution is 0.113. The zero-order valence-electron chi connectivity index (χ0n) is 12.4. The van der Waals surface area contributed by atoms with Crippen LogP contribution in [0.3, 0.4) is 0 Å². The Labute approximate surface area is 132 Å². The van der Waals surface area contributed by atoms with Crippen molar-refractivity contribution in [2.24, 2.45) is 0 Å². The van der Waals surface area contributed by atoms with Crippen LogP contribution in [0.2, 0.25) is 0 Å². The van der Waals surface area contributed by atoms with Crippen LogP contribution in [0.15, 0.2) is 4.52 Å². The number of hydrogen-bond donors (Lipinski definition) is 1. The summed E-state index contributed by atoms with van der Waals surface area (Å²) in [6.07, 6.45) is 0.687. The Morgan fingerprint density at radius 1 is 1.36 bits per heavy atom. The Bertz CT molecular complexity index is 794. The van der Waals surface area contributed by atoms with Gasteiger partial charge >= 0.3 is 10.2 Å². The fraction of sp³-hybridized carbons (Fsp3) is 0.500. The highest BCUT2D eigenvalue weighted by molar-refractivity contribution is 7.90. The highest BCUT2D eigenvalue weighted by Crippen LogP contribution is 2.42. The number of aryl methyl sites for hydroxylation is 1. The standard InChI is InChI=1S/C12H16N4O4S2/c1-7-13-11(20-14-7)10-8-4-5-19-6-9(8)21-12(10)15-22(17,18)16(2)3/h15H,4-6H2,1-3H3. The van der Waals surface area contributed by atoms with Gasteiger partial charge in [-0.05, 0) is 18.9 Å². The average Bonchev–Trinajstić information content (AvgIpc) is 3.00. The highest BCUT2D eigenvalue weighted by atomic mass is 32.2. The van der Waals surface area contributed by atoms with Crippen molar-refractivity contribution in [1.82, 2.24) is 14.4 Å². The Hall–Kier alpha value is -1.49. The third kappa shape index (κ3) is 2.74. The number of thiophene rings is 1. The van der Waals surface area contributed by atoms with Crippen molar-refractivity contribution in [2.75, 3.05) is 25.4 Å². The molecular formula is C12H16N4O4S2.